The van der Waals surface area contributed by atoms with Crippen LogP contribution in [0.1, 0.15) is 25.7 Å². The van der Waals surface area contributed by atoms with Gasteiger partial charge < -0.3 is 30.3 Å². The van der Waals surface area contributed by atoms with E-state index in [0.717, 1.165) is 63.8 Å². The van der Waals surface area contributed by atoms with Gasteiger partial charge in [0, 0.05) is 61.1 Å². The highest BCUT2D eigenvalue weighted by molar-refractivity contribution is 5.74. The number of phenolic OH excluding ortho intramolecular Hbond substituents is 1. The number of phenols is 1. The number of anilines is 4. The number of benzene rings is 2. The normalized spacial score (nSPS) is 22.2. The molecule has 8 nitrogen and oxygen atoms in total. The van der Waals surface area contributed by atoms with Crippen molar-refractivity contribution in [1.29, 1.82) is 0 Å². The van der Waals surface area contributed by atoms with Gasteiger partial charge in [0.25, 0.3) is 0 Å². The molecule has 2 bridgehead atoms. The van der Waals surface area contributed by atoms with Crippen LogP contribution in [-0.4, -0.2) is 59.9 Å². The zero-order chi connectivity index (χ0) is 24.6. The lowest BCUT2D eigenvalue weighted by atomic mass is 9.98. The van der Waals surface area contributed by atoms with Gasteiger partial charge in [0.05, 0.1) is 11.4 Å². The Hall–Kier alpha value is -3.81. The number of nitrogens with two attached hydrogens (primary N) is 1. The van der Waals surface area contributed by atoms with Gasteiger partial charge in [0.1, 0.15) is 12.0 Å². The van der Waals surface area contributed by atoms with Gasteiger partial charge in [-0.1, -0.05) is 18.2 Å². The van der Waals surface area contributed by atoms with E-state index in [2.05, 4.69) is 49.2 Å². The molecular formula is C28H32N6O2. The SMILES string of the molecule is Nc1nnc(-c2ccccc2O)cc1N1CC2CCC(C1)N2c1cccc(N2CCC(C=O)CC2)c1. The molecule has 1 aromatic heterocycles. The van der Waals surface area contributed by atoms with Crippen LogP contribution in [0.3, 0.4) is 0 Å². The number of hydrogen-bond donors (Lipinski definition) is 2. The number of fused-ring (bicyclic) bond motifs is 2. The van der Waals surface area contributed by atoms with E-state index in [1.807, 2.05) is 18.2 Å². The summed E-state index contributed by atoms with van der Waals surface area (Å²) in [6.45, 7) is 3.59. The zero-order valence-corrected chi connectivity index (χ0v) is 20.3. The van der Waals surface area contributed by atoms with Gasteiger partial charge >= 0.3 is 0 Å². The Balaban J connectivity index is 1.22. The standard InChI is InChI=1S/C28H32N6O2/c29-28-26(15-25(30-31-28)24-6-1-2-7-27(24)36)33-16-22-8-9-23(17-33)34(22)21-5-3-4-20(14-21)32-12-10-19(18-35)11-13-32/h1-7,14-15,18-19,22-23,36H,8-13,16-17H2,(H2,29,31). The van der Waals surface area contributed by atoms with Crippen LogP contribution in [0.15, 0.2) is 54.6 Å². The predicted molar refractivity (Wildman–Crippen MR) is 142 cm³/mol. The van der Waals surface area contributed by atoms with Crippen molar-refractivity contribution in [3.63, 3.8) is 0 Å². The summed E-state index contributed by atoms with van der Waals surface area (Å²) < 4.78 is 0. The Morgan fingerprint density at radius 3 is 2.31 bits per heavy atom. The molecule has 2 unspecified atom stereocenters. The van der Waals surface area contributed by atoms with Crippen LogP contribution in [0.2, 0.25) is 0 Å². The van der Waals surface area contributed by atoms with Crippen LogP contribution >= 0.6 is 0 Å². The summed E-state index contributed by atoms with van der Waals surface area (Å²) >= 11 is 0. The molecule has 2 aromatic carbocycles. The number of nitrogens with zero attached hydrogens (tertiary/aromatic N) is 5. The number of rotatable bonds is 5. The Bertz CT molecular complexity index is 1240. The van der Waals surface area contributed by atoms with Crippen LogP contribution in [0, 0.1) is 5.92 Å². The Kier molecular flexibility index (Phi) is 5.87. The fraction of sp³-hybridized carbons (Fsp3) is 0.393. The molecule has 0 aliphatic carbocycles. The molecule has 3 saturated heterocycles. The molecule has 0 amide bonds. The molecule has 4 heterocycles. The van der Waals surface area contributed by atoms with E-state index in [1.54, 1.807) is 12.1 Å². The lowest BCUT2D eigenvalue weighted by Crippen LogP contribution is -2.54. The van der Waals surface area contributed by atoms with Gasteiger partial charge in [-0.25, -0.2) is 0 Å². The third-order valence-corrected chi connectivity index (χ3v) is 8.03. The average Bonchev–Trinajstić information content (AvgIpc) is 3.18. The van der Waals surface area contributed by atoms with E-state index in [1.165, 1.54) is 11.4 Å². The molecule has 186 valence electrons. The molecule has 3 aliphatic rings. The van der Waals surface area contributed by atoms with Gasteiger partial charge in [-0.3, -0.25) is 0 Å². The number of hydrogen-bond acceptors (Lipinski definition) is 8. The summed E-state index contributed by atoms with van der Waals surface area (Å²) in [5, 5.41) is 18.8. The third-order valence-electron chi connectivity index (χ3n) is 8.03. The minimum atomic E-state index is 0.183. The van der Waals surface area contributed by atoms with Crippen molar-refractivity contribution >= 4 is 29.2 Å². The van der Waals surface area contributed by atoms with Crippen LogP contribution in [0.5, 0.6) is 5.75 Å². The van der Waals surface area contributed by atoms with E-state index in [9.17, 15) is 9.90 Å². The van der Waals surface area contributed by atoms with Crippen molar-refractivity contribution in [2.45, 2.75) is 37.8 Å². The molecule has 8 heteroatoms. The van der Waals surface area contributed by atoms with E-state index < -0.39 is 0 Å². The van der Waals surface area contributed by atoms with Gasteiger partial charge in [-0.15, -0.1) is 10.2 Å². The summed E-state index contributed by atoms with van der Waals surface area (Å²) in [5.41, 5.74) is 11.0. The highest BCUT2D eigenvalue weighted by atomic mass is 16.3. The molecule has 36 heavy (non-hydrogen) atoms. The number of carbonyl (C=O) groups is 1. The predicted octanol–water partition coefficient (Wildman–Crippen LogP) is 3.70. The summed E-state index contributed by atoms with van der Waals surface area (Å²) in [5.74, 6) is 0.806. The van der Waals surface area contributed by atoms with Crippen molar-refractivity contribution in [1.82, 2.24) is 10.2 Å². The maximum absolute atomic E-state index is 11.1. The second-order valence-corrected chi connectivity index (χ2v) is 10.2. The van der Waals surface area contributed by atoms with E-state index in [0.29, 0.717) is 29.2 Å². The van der Waals surface area contributed by atoms with E-state index in [-0.39, 0.29) is 11.7 Å². The number of para-hydroxylation sites is 1. The third kappa shape index (κ3) is 4.10. The first kappa shape index (κ1) is 22.6. The fourth-order valence-corrected chi connectivity index (χ4v) is 6.13. The summed E-state index contributed by atoms with van der Waals surface area (Å²) in [6.07, 6.45) is 5.26. The van der Waals surface area contributed by atoms with Crippen LogP contribution < -0.4 is 20.4 Å². The zero-order valence-electron chi connectivity index (χ0n) is 20.3. The molecule has 6 rings (SSSR count). The molecule has 3 aromatic rings. The minimum absolute atomic E-state index is 0.183. The van der Waals surface area contributed by atoms with Crippen molar-refractivity contribution in [2.75, 3.05) is 46.6 Å². The molecule has 2 atom stereocenters. The number of aromatic nitrogens is 2. The van der Waals surface area contributed by atoms with Crippen LogP contribution in [0.25, 0.3) is 11.3 Å². The molecule has 0 saturated carbocycles. The van der Waals surface area contributed by atoms with E-state index in [4.69, 9.17) is 5.73 Å². The number of carbonyl (C=O) groups excluding carboxylic acids is 1. The summed E-state index contributed by atoms with van der Waals surface area (Å²) in [4.78, 5) is 18.5. The van der Waals surface area contributed by atoms with Gasteiger partial charge in [0.2, 0.25) is 0 Å². The highest BCUT2D eigenvalue weighted by Gasteiger charge is 2.41. The lowest BCUT2D eigenvalue weighted by Gasteiger charge is -2.44. The number of aldehydes is 1. The molecular weight excluding hydrogens is 452 g/mol. The van der Waals surface area contributed by atoms with Gasteiger partial charge in [0.15, 0.2) is 5.82 Å². The summed E-state index contributed by atoms with van der Waals surface area (Å²) in [6, 6.07) is 18.8. The quantitative estimate of drug-likeness (QED) is 0.529. The van der Waals surface area contributed by atoms with E-state index >= 15 is 0 Å². The van der Waals surface area contributed by atoms with Crippen molar-refractivity contribution in [3.8, 4) is 17.0 Å². The number of piperazine rings is 1. The molecule has 3 aliphatic heterocycles. The topological polar surface area (TPSA) is 98.8 Å². The first-order valence-electron chi connectivity index (χ1n) is 12.9. The molecule has 0 radical (unpaired) electrons. The monoisotopic (exact) mass is 484 g/mol. The first-order valence-corrected chi connectivity index (χ1v) is 12.9. The summed E-state index contributed by atoms with van der Waals surface area (Å²) in [7, 11) is 0. The number of piperidine rings is 1. The molecule has 3 N–H and O–H groups in total. The van der Waals surface area contributed by atoms with Crippen molar-refractivity contribution < 1.29 is 9.90 Å². The second kappa shape index (κ2) is 9.33. The smallest absolute Gasteiger partial charge is 0.169 e. The Labute approximate surface area is 211 Å². The average molecular weight is 485 g/mol. The Morgan fingerprint density at radius 1 is 0.861 bits per heavy atom. The van der Waals surface area contributed by atoms with Crippen molar-refractivity contribution in [2.24, 2.45) is 5.92 Å². The van der Waals surface area contributed by atoms with Crippen LogP contribution in [-0.2, 0) is 4.79 Å². The van der Waals surface area contributed by atoms with Crippen molar-refractivity contribution in [3.05, 3.63) is 54.6 Å². The largest absolute Gasteiger partial charge is 0.507 e. The number of aromatic hydroxyl groups is 1. The first-order chi connectivity index (χ1) is 17.6. The molecule has 0 spiro atoms. The maximum Gasteiger partial charge on any atom is 0.169 e. The van der Waals surface area contributed by atoms with Gasteiger partial charge in [-0.05, 0) is 62.1 Å². The lowest BCUT2D eigenvalue weighted by molar-refractivity contribution is -0.111. The fourth-order valence-electron chi connectivity index (χ4n) is 6.13. The van der Waals surface area contributed by atoms with Gasteiger partial charge in [-0.2, -0.15) is 0 Å². The minimum Gasteiger partial charge on any atom is -0.507 e. The maximum atomic E-state index is 11.1. The highest BCUT2D eigenvalue weighted by Crippen LogP contribution is 2.40. The van der Waals surface area contributed by atoms with Crippen LogP contribution in [0.4, 0.5) is 22.9 Å². The molecule has 3 fully saturated rings. The Morgan fingerprint density at radius 2 is 1.58 bits per heavy atom. The number of nitrogen functional groups attached to an aromatic ring is 1. The second-order valence-electron chi connectivity index (χ2n) is 10.2.